The van der Waals surface area contributed by atoms with Gasteiger partial charge < -0.3 is 15.5 Å². The summed E-state index contributed by atoms with van der Waals surface area (Å²) in [6, 6.07) is 4.83. The van der Waals surface area contributed by atoms with Gasteiger partial charge in [0.2, 0.25) is 0 Å². The summed E-state index contributed by atoms with van der Waals surface area (Å²) in [6.45, 7) is 1.80. The summed E-state index contributed by atoms with van der Waals surface area (Å²) in [7, 11) is 0. The first-order valence-electron chi connectivity index (χ1n) is 5.87. The second-order valence-electron chi connectivity index (χ2n) is 4.35. The number of hydrogen-bond acceptors (Lipinski definition) is 5. The Morgan fingerprint density at radius 3 is 2.53 bits per heavy atom. The Morgan fingerprint density at radius 2 is 2.05 bits per heavy atom. The molecule has 0 aliphatic heterocycles. The van der Waals surface area contributed by atoms with Gasteiger partial charge in [-0.25, -0.2) is 0 Å². The van der Waals surface area contributed by atoms with E-state index >= 15 is 0 Å². The summed E-state index contributed by atoms with van der Waals surface area (Å²) >= 11 is 3.12. The van der Waals surface area contributed by atoms with Gasteiger partial charge in [0.25, 0.3) is 5.69 Å². The van der Waals surface area contributed by atoms with Crippen molar-refractivity contribution in [3.8, 4) is 0 Å². The van der Waals surface area contributed by atoms with Crippen LogP contribution in [0.3, 0.4) is 0 Å². The highest BCUT2D eigenvalue weighted by molar-refractivity contribution is 9.10. The minimum absolute atomic E-state index is 0.00519. The number of halogens is 1. The van der Waals surface area contributed by atoms with Crippen LogP contribution in [0.4, 0.5) is 5.69 Å². The standard InChI is InChI=1S/C12H17BrN2O4/c1-2-12(7-16,8-17)14-6-9-3-4-10(13)11(5-9)15(18)19/h3-5,14,16-17H,2,6-8H2,1H3. The highest BCUT2D eigenvalue weighted by atomic mass is 79.9. The monoisotopic (exact) mass is 332 g/mol. The van der Waals surface area contributed by atoms with Gasteiger partial charge in [-0.05, 0) is 34.0 Å². The van der Waals surface area contributed by atoms with Crippen LogP contribution in [0.2, 0.25) is 0 Å². The highest BCUT2D eigenvalue weighted by Gasteiger charge is 2.25. The van der Waals surface area contributed by atoms with Gasteiger partial charge in [-0.15, -0.1) is 0 Å². The molecule has 0 atom stereocenters. The Morgan fingerprint density at radius 1 is 1.42 bits per heavy atom. The predicted octanol–water partition coefficient (Wildman–Crippen LogP) is 1.58. The van der Waals surface area contributed by atoms with Gasteiger partial charge in [-0.1, -0.05) is 13.0 Å². The average molecular weight is 333 g/mol. The lowest BCUT2D eigenvalue weighted by Crippen LogP contribution is -2.50. The summed E-state index contributed by atoms with van der Waals surface area (Å²) in [4.78, 5) is 10.4. The van der Waals surface area contributed by atoms with E-state index in [1.165, 1.54) is 6.07 Å². The molecule has 0 radical (unpaired) electrons. The third-order valence-electron chi connectivity index (χ3n) is 3.16. The summed E-state index contributed by atoms with van der Waals surface area (Å²) < 4.78 is 0.423. The number of benzene rings is 1. The number of hydrogen-bond donors (Lipinski definition) is 3. The lowest BCUT2D eigenvalue weighted by atomic mass is 9.98. The first-order valence-corrected chi connectivity index (χ1v) is 6.67. The van der Waals surface area contributed by atoms with Crippen molar-refractivity contribution in [1.82, 2.24) is 5.32 Å². The molecule has 0 saturated heterocycles. The van der Waals surface area contributed by atoms with E-state index < -0.39 is 10.5 Å². The maximum Gasteiger partial charge on any atom is 0.283 e. The predicted molar refractivity (Wildman–Crippen MR) is 74.8 cm³/mol. The van der Waals surface area contributed by atoms with Crippen LogP contribution in [-0.2, 0) is 6.54 Å². The summed E-state index contributed by atoms with van der Waals surface area (Å²) in [5, 5.41) is 32.5. The molecule has 0 spiro atoms. The van der Waals surface area contributed by atoms with Crippen LogP contribution >= 0.6 is 15.9 Å². The van der Waals surface area contributed by atoms with Gasteiger partial charge in [-0.3, -0.25) is 10.1 Å². The van der Waals surface area contributed by atoms with E-state index in [1.54, 1.807) is 12.1 Å². The summed E-state index contributed by atoms with van der Waals surface area (Å²) in [6.07, 6.45) is 0.554. The molecule has 1 aromatic rings. The van der Waals surface area contributed by atoms with E-state index in [-0.39, 0.29) is 18.9 Å². The zero-order valence-electron chi connectivity index (χ0n) is 10.6. The number of rotatable bonds is 7. The van der Waals surface area contributed by atoms with E-state index in [0.29, 0.717) is 17.4 Å². The van der Waals surface area contributed by atoms with E-state index in [2.05, 4.69) is 21.2 Å². The van der Waals surface area contributed by atoms with Crippen LogP contribution < -0.4 is 5.32 Å². The van der Waals surface area contributed by atoms with Crippen LogP contribution in [0.15, 0.2) is 22.7 Å². The van der Waals surface area contributed by atoms with Crippen LogP contribution in [0.1, 0.15) is 18.9 Å². The van der Waals surface area contributed by atoms with Crippen LogP contribution in [0.25, 0.3) is 0 Å². The lowest BCUT2D eigenvalue weighted by Gasteiger charge is -2.29. The van der Waals surface area contributed by atoms with Gasteiger partial charge in [0.15, 0.2) is 0 Å². The maximum atomic E-state index is 10.8. The minimum Gasteiger partial charge on any atom is -0.394 e. The van der Waals surface area contributed by atoms with Gasteiger partial charge in [0.1, 0.15) is 0 Å². The van der Waals surface area contributed by atoms with Gasteiger partial charge in [0, 0.05) is 12.6 Å². The Balaban J connectivity index is 2.83. The Labute approximate surface area is 119 Å². The van der Waals surface area contributed by atoms with E-state index in [9.17, 15) is 20.3 Å². The van der Waals surface area contributed by atoms with Gasteiger partial charge in [0.05, 0.1) is 28.1 Å². The number of aliphatic hydroxyl groups excluding tert-OH is 2. The van der Waals surface area contributed by atoms with E-state index in [4.69, 9.17) is 0 Å². The molecule has 0 aliphatic rings. The fourth-order valence-electron chi connectivity index (χ4n) is 1.61. The van der Waals surface area contributed by atoms with Crippen molar-refractivity contribution in [3.63, 3.8) is 0 Å². The molecular formula is C12H17BrN2O4. The molecule has 0 heterocycles. The van der Waals surface area contributed by atoms with Crippen molar-refractivity contribution in [3.05, 3.63) is 38.3 Å². The second kappa shape index (κ2) is 6.95. The fourth-order valence-corrected chi connectivity index (χ4v) is 2.00. The van der Waals surface area contributed by atoms with Crippen LogP contribution in [0, 0.1) is 10.1 Å². The zero-order valence-corrected chi connectivity index (χ0v) is 12.2. The first-order chi connectivity index (χ1) is 8.98. The molecule has 7 heteroatoms. The molecule has 6 nitrogen and oxygen atoms in total. The van der Waals surface area contributed by atoms with Crippen molar-refractivity contribution in [2.24, 2.45) is 0 Å². The first kappa shape index (κ1) is 16.0. The molecule has 19 heavy (non-hydrogen) atoms. The Bertz CT molecular complexity index is 441. The van der Waals surface area contributed by atoms with Gasteiger partial charge >= 0.3 is 0 Å². The van der Waals surface area contributed by atoms with Crippen LogP contribution in [0.5, 0.6) is 0 Å². The molecule has 0 amide bonds. The Hall–Kier alpha value is -1.02. The molecule has 1 rings (SSSR count). The SMILES string of the molecule is CCC(CO)(CO)NCc1ccc(Br)c([N+](=O)[O-])c1. The largest absolute Gasteiger partial charge is 0.394 e. The summed E-state index contributed by atoms with van der Waals surface area (Å²) in [5.74, 6) is 0. The van der Waals surface area contributed by atoms with Crippen molar-refractivity contribution in [2.75, 3.05) is 13.2 Å². The zero-order chi connectivity index (χ0) is 14.5. The highest BCUT2D eigenvalue weighted by Crippen LogP contribution is 2.25. The quantitative estimate of drug-likeness (QED) is 0.520. The molecule has 0 fully saturated rings. The normalized spacial score (nSPS) is 11.6. The third kappa shape index (κ3) is 3.97. The molecule has 106 valence electrons. The van der Waals surface area contributed by atoms with Gasteiger partial charge in [-0.2, -0.15) is 0 Å². The molecule has 0 bridgehead atoms. The number of aliphatic hydroxyl groups is 2. The van der Waals surface area contributed by atoms with Crippen molar-refractivity contribution >= 4 is 21.6 Å². The number of nitrogens with zero attached hydrogens (tertiary/aromatic N) is 1. The third-order valence-corrected chi connectivity index (χ3v) is 3.83. The average Bonchev–Trinajstić information content (AvgIpc) is 2.42. The summed E-state index contributed by atoms with van der Waals surface area (Å²) in [5.41, 5.74) is -0.0500. The number of nitro groups is 1. The lowest BCUT2D eigenvalue weighted by molar-refractivity contribution is -0.385. The minimum atomic E-state index is -0.762. The van der Waals surface area contributed by atoms with E-state index in [0.717, 1.165) is 5.56 Å². The van der Waals surface area contributed by atoms with Crippen molar-refractivity contribution in [2.45, 2.75) is 25.4 Å². The smallest absolute Gasteiger partial charge is 0.283 e. The molecular weight excluding hydrogens is 316 g/mol. The molecule has 0 unspecified atom stereocenters. The molecule has 1 aromatic carbocycles. The van der Waals surface area contributed by atoms with Crippen molar-refractivity contribution in [1.29, 1.82) is 0 Å². The molecule has 0 aromatic heterocycles. The second-order valence-corrected chi connectivity index (χ2v) is 5.20. The van der Waals surface area contributed by atoms with Crippen LogP contribution in [-0.4, -0.2) is 33.9 Å². The van der Waals surface area contributed by atoms with E-state index in [1.807, 2.05) is 6.92 Å². The molecule has 3 N–H and O–H groups in total. The molecule has 0 saturated carbocycles. The number of nitro benzene ring substituents is 1. The number of nitrogens with one attached hydrogen (secondary N) is 1. The molecule has 0 aliphatic carbocycles. The fraction of sp³-hybridized carbons (Fsp3) is 0.500. The topological polar surface area (TPSA) is 95.6 Å². The Kier molecular flexibility index (Phi) is 5.86. The van der Waals surface area contributed by atoms with Crippen molar-refractivity contribution < 1.29 is 15.1 Å². The maximum absolute atomic E-state index is 10.8.